The van der Waals surface area contributed by atoms with Gasteiger partial charge >= 0.3 is 6.48 Å². The van der Waals surface area contributed by atoms with Gasteiger partial charge in [0.15, 0.2) is 22.9 Å². The molecule has 0 bridgehead atoms. The zero-order chi connectivity index (χ0) is 15.4. The van der Waals surface area contributed by atoms with Crippen LogP contribution in [-0.4, -0.2) is 22.6 Å². The normalized spacial score (nSPS) is 12.8. The molecule has 0 saturated carbocycles. The quantitative estimate of drug-likeness (QED) is 0.781. The maximum atomic E-state index is 9.02. The number of hydrogen-bond acceptors (Lipinski definition) is 6. The molecule has 0 spiro atoms. The third-order valence-corrected chi connectivity index (χ3v) is 3.14. The zero-order valence-electron chi connectivity index (χ0n) is 11.6. The topological polar surface area (TPSA) is 93.1 Å². The monoisotopic (exact) mass is 296 g/mol. The Kier molecular flexibility index (Phi) is 3.90. The number of benzene rings is 1. The summed E-state index contributed by atoms with van der Waals surface area (Å²) in [7, 11) is 0. The van der Waals surface area contributed by atoms with Gasteiger partial charge in [-0.3, -0.25) is 0 Å². The highest BCUT2D eigenvalue weighted by atomic mass is 16.9. The van der Waals surface area contributed by atoms with E-state index in [1.54, 1.807) is 4.57 Å². The fraction of sp³-hybridized carbons (Fsp3) is 0.267. The number of hydrogen-bond donors (Lipinski definition) is 0. The van der Waals surface area contributed by atoms with Gasteiger partial charge in [-0.2, -0.15) is 10.5 Å². The average molecular weight is 296 g/mol. The van der Waals surface area contributed by atoms with Crippen molar-refractivity contribution in [2.75, 3.05) is 6.61 Å². The number of fused-ring (bicyclic) bond motifs is 1. The molecular formula is C15H12N4O3. The Hall–Kier alpha value is -3.03. The predicted molar refractivity (Wildman–Crippen MR) is 73.7 cm³/mol. The van der Waals surface area contributed by atoms with Crippen LogP contribution in [0.5, 0.6) is 11.5 Å². The van der Waals surface area contributed by atoms with E-state index in [2.05, 4.69) is 4.98 Å². The van der Waals surface area contributed by atoms with E-state index in [0.717, 1.165) is 0 Å². The zero-order valence-corrected chi connectivity index (χ0v) is 11.6. The Labute approximate surface area is 126 Å². The van der Waals surface area contributed by atoms with Gasteiger partial charge in [-0.15, -0.1) is 0 Å². The van der Waals surface area contributed by atoms with Gasteiger partial charge < -0.3 is 18.8 Å². The van der Waals surface area contributed by atoms with Crippen molar-refractivity contribution in [1.82, 2.24) is 9.55 Å². The first kappa shape index (κ1) is 13.9. The van der Waals surface area contributed by atoms with Crippen molar-refractivity contribution < 1.29 is 14.2 Å². The molecule has 1 aromatic heterocycles. The Balaban J connectivity index is 1.47. The molecule has 22 heavy (non-hydrogen) atoms. The summed E-state index contributed by atoms with van der Waals surface area (Å²) in [4.78, 5) is 3.88. The number of imidazole rings is 1. The number of aryl methyl sites for hydroxylation is 1. The van der Waals surface area contributed by atoms with Gasteiger partial charge in [-0.25, -0.2) is 4.98 Å². The van der Waals surface area contributed by atoms with Crippen LogP contribution in [0.15, 0.2) is 30.6 Å². The number of nitrogens with zero attached hydrogens (tertiary/aromatic N) is 4. The van der Waals surface area contributed by atoms with Crippen molar-refractivity contribution >= 4 is 0 Å². The summed E-state index contributed by atoms with van der Waals surface area (Å²) in [5.74, 6) is 1.32. The van der Waals surface area contributed by atoms with Crippen LogP contribution in [0.25, 0.3) is 0 Å². The first-order chi connectivity index (χ1) is 10.8. The largest absolute Gasteiger partial charge is 0.428 e. The molecular weight excluding hydrogens is 284 g/mol. The number of para-hydroxylation sites is 2. The molecule has 7 heteroatoms. The molecule has 0 unspecified atom stereocenters. The van der Waals surface area contributed by atoms with Crippen molar-refractivity contribution in [3.05, 3.63) is 42.0 Å². The lowest BCUT2D eigenvalue weighted by molar-refractivity contribution is -0.177. The molecule has 2 heterocycles. The van der Waals surface area contributed by atoms with Crippen LogP contribution < -0.4 is 9.47 Å². The van der Waals surface area contributed by atoms with Crippen molar-refractivity contribution in [2.24, 2.45) is 0 Å². The van der Waals surface area contributed by atoms with Gasteiger partial charge in [0.25, 0.3) is 0 Å². The van der Waals surface area contributed by atoms with Gasteiger partial charge in [0.05, 0.1) is 12.9 Å². The van der Waals surface area contributed by atoms with Crippen molar-refractivity contribution in [3.8, 4) is 23.6 Å². The molecule has 0 atom stereocenters. The van der Waals surface area contributed by atoms with Gasteiger partial charge in [-0.1, -0.05) is 12.1 Å². The van der Waals surface area contributed by atoms with Gasteiger partial charge in [-0.05, 0) is 18.6 Å². The lowest BCUT2D eigenvalue weighted by Crippen LogP contribution is -2.23. The number of aromatic nitrogens is 2. The van der Waals surface area contributed by atoms with Crippen molar-refractivity contribution in [1.29, 1.82) is 10.5 Å². The molecule has 0 aliphatic carbocycles. The molecule has 1 aliphatic heterocycles. The molecule has 7 nitrogen and oxygen atoms in total. The molecule has 0 fully saturated rings. The Morgan fingerprint density at radius 3 is 2.55 bits per heavy atom. The van der Waals surface area contributed by atoms with E-state index in [-0.39, 0.29) is 11.4 Å². The Morgan fingerprint density at radius 2 is 1.91 bits per heavy atom. The third kappa shape index (κ3) is 2.71. The highest BCUT2D eigenvalue weighted by Crippen LogP contribution is 2.34. The second-order valence-corrected chi connectivity index (χ2v) is 4.55. The van der Waals surface area contributed by atoms with E-state index in [9.17, 15) is 0 Å². The number of rotatable bonds is 5. The summed E-state index contributed by atoms with van der Waals surface area (Å²) in [5.41, 5.74) is 0.407. The van der Waals surface area contributed by atoms with E-state index >= 15 is 0 Å². The molecule has 1 aliphatic rings. The molecule has 110 valence electrons. The fourth-order valence-corrected chi connectivity index (χ4v) is 2.11. The van der Waals surface area contributed by atoms with Crippen LogP contribution in [0.1, 0.15) is 17.8 Å². The minimum Gasteiger partial charge on any atom is -0.428 e. The van der Waals surface area contributed by atoms with Gasteiger partial charge in [0.1, 0.15) is 12.1 Å². The summed E-state index contributed by atoms with van der Waals surface area (Å²) in [6, 6.07) is 11.2. The summed E-state index contributed by atoms with van der Waals surface area (Å²) in [6.07, 6.45) is 2.12. The van der Waals surface area contributed by atoms with E-state index in [0.29, 0.717) is 31.1 Å². The molecule has 2 aromatic rings. The first-order valence-electron chi connectivity index (χ1n) is 6.71. The maximum Gasteiger partial charge on any atom is 0.361 e. The molecule has 0 saturated heterocycles. The second kappa shape index (κ2) is 6.17. The van der Waals surface area contributed by atoms with Crippen LogP contribution in [0.2, 0.25) is 0 Å². The second-order valence-electron chi connectivity index (χ2n) is 4.55. The van der Waals surface area contributed by atoms with Gasteiger partial charge in [0, 0.05) is 6.54 Å². The van der Waals surface area contributed by atoms with Crippen LogP contribution in [0.4, 0.5) is 0 Å². The minimum absolute atomic E-state index is 0.140. The Morgan fingerprint density at radius 1 is 1.18 bits per heavy atom. The van der Waals surface area contributed by atoms with E-state index in [4.69, 9.17) is 24.7 Å². The smallest absolute Gasteiger partial charge is 0.361 e. The number of nitriles is 2. The van der Waals surface area contributed by atoms with Crippen LogP contribution in [-0.2, 0) is 11.3 Å². The minimum atomic E-state index is -0.745. The Bertz CT molecular complexity index is 732. The summed E-state index contributed by atoms with van der Waals surface area (Å²) in [6.45, 7) is 0.172. The molecule has 0 amide bonds. The SMILES string of the molecule is N#Cc1ncn(CCCOC2Oc3ccccc3O2)c1C#N. The van der Waals surface area contributed by atoms with Crippen LogP contribution >= 0.6 is 0 Å². The van der Waals surface area contributed by atoms with Crippen molar-refractivity contribution in [2.45, 2.75) is 19.4 Å². The summed E-state index contributed by atoms with van der Waals surface area (Å²) < 4.78 is 18.1. The maximum absolute atomic E-state index is 9.02. The van der Waals surface area contributed by atoms with Gasteiger partial charge in [0.2, 0.25) is 0 Å². The molecule has 3 rings (SSSR count). The van der Waals surface area contributed by atoms with Crippen molar-refractivity contribution in [3.63, 3.8) is 0 Å². The lowest BCUT2D eigenvalue weighted by Gasteiger charge is -2.11. The fourth-order valence-electron chi connectivity index (χ4n) is 2.11. The van der Waals surface area contributed by atoms with E-state index in [1.165, 1.54) is 6.33 Å². The number of ether oxygens (including phenoxy) is 3. The van der Waals surface area contributed by atoms with Crippen LogP contribution in [0.3, 0.4) is 0 Å². The van der Waals surface area contributed by atoms with Crippen LogP contribution in [0, 0.1) is 22.7 Å². The third-order valence-electron chi connectivity index (χ3n) is 3.14. The predicted octanol–water partition coefficient (Wildman–Crippen LogP) is 1.79. The lowest BCUT2D eigenvalue weighted by atomic mass is 10.3. The summed E-state index contributed by atoms with van der Waals surface area (Å²) in [5, 5.41) is 17.8. The average Bonchev–Trinajstić information content (AvgIpc) is 3.14. The van der Waals surface area contributed by atoms with E-state index in [1.807, 2.05) is 36.4 Å². The highest BCUT2D eigenvalue weighted by molar-refractivity contribution is 5.41. The molecule has 0 N–H and O–H groups in total. The standard InChI is InChI=1S/C15H12N4O3/c16-8-11-12(9-17)19(10-18-11)6-3-7-20-15-21-13-4-1-2-5-14(13)22-15/h1-2,4-5,10,15H,3,6-7H2. The summed E-state index contributed by atoms with van der Waals surface area (Å²) >= 11 is 0. The van der Waals surface area contributed by atoms with E-state index < -0.39 is 6.48 Å². The molecule has 0 radical (unpaired) electrons. The molecule has 1 aromatic carbocycles. The first-order valence-corrected chi connectivity index (χ1v) is 6.71. The highest BCUT2D eigenvalue weighted by Gasteiger charge is 2.23.